The summed E-state index contributed by atoms with van der Waals surface area (Å²) in [7, 11) is 2.87. The molecule has 0 unspecified atom stereocenters. The molecule has 0 aliphatic rings. The third-order valence-corrected chi connectivity index (χ3v) is 5.47. The molecule has 0 bridgehead atoms. The van der Waals surface area contributed by atoms with E-state index in [0.717, 1.165) is 11.6 Å². The van der Waals surface area contributed by atoms with Crippen LogP contribution >= 0.6 is 11.6 Å². The predicted molar refractivity (Wildman–Crippen MR) is 121 cm³/mol. The number of aromatic nitrogens is 3. The van der Waals surface area contributed by atoms with Crippen LogP contribution in [0.5, 0.6) is 11.5 Å². The van der Waals surface area contributed by atoms with Crippen molar-refractivity contribution in [2.45, 2.75) is 13.1 Å². The van der Waals surface area contributed by atoms with Gasteiger partial charge in [-0.25, -0.2) is 9.50 Å². The van der Waals surface area contributed by atoms with Crippen molar-refractivity contribution in [2.75, 3.05) is 19.5 Å². The van der Waals surface area contributed by atoms with Crippen LogP contribution in [0.3, 0.4) is 0 Å². The van der Waals surface area contributed by atoms with E-state index in [1.165, 1.54) is 26.4 Å². The number of carbonyl (C=O) groups excluding carboxylic acids is 1. The number of fused-ring (bicyclic) bond motifs is 1. The molecule has 34 heavy (non-hydrogen) atoms. The Kier molecular flexibility index (Phi) is 6.09. The molecule has 0 saturated carbocycles. The molecular formula is C23H18ClF3N4O3. The van der Waals surface area contributed by atoms with E-state index in [1.54, 1.807) is 37.3 Å². The summed E-state index contributed by atoms with van der Waals surface area (Å²) in [5.41, 5.74) is 0.123. The molecule has 0 atom stereocenters. The van der Waals surface area contributed by atoms with Crippen molar-refractivity contribution in [1.29, 1.82) is 0 Å². The van der Waals surface area contributed by atoms with E-state index in [-0.39, 0.29) is 17.0 Å². The lowest BCUT2D eigenvalue weighted by molar-refractivity contribution is -0.142. The normalized spacial score (nSPS) is 11.5. The van der Waals surface area contributed by atoms with Crippen LogP contribution in [0.1, 0.15) is 21.7 Å². The minimum Gasteiger partial charge on any atom is -0.493 e. The Morgan fingerprint density at radius 2 is 1.76 bits per heavy atom. The molecule has 4 aromatic rings. The van der Waals surface area contributed by atoms with Gasteiger partial charge in [-0.3, -0.25) is 4.79 Å². The van der Waals surface area contributed by atoms with Crippen molar-refractivity contribution < 1.29 is 27.4 Å². The molecular weight excluding hydrogens is 473 g/mol. The van der Waals surface area contributed by atoms with Gasteiger partial charge < -0.3 is 14.8 Å². The predicted octanol–water partition coefficient (Wildman–Crippen LogP) is 5.65. The van der Waals surface area contributed by atoms with Gasteiger partial charge in [0.25, 0.3) is 5.91 Å². The van der Waals surface area contributed by atoms with Gasteiger partial charge in [-0.15, -0.1) is 0 Å². The number of nitrogens with zero attached hydrogens (tertiary/aromatic N) is 3. The summed E-state index contributed by atoms with van der Waals surface area (Å²) in [4.78, 5) is 17.0. The summed E-state index contributed by atoms with van der Waals surface area (Å²) in [5.74, 6) is 0.0506. The van der Waals surface area contributed by atoms with Crippen molar-refractivity contribution in [3.8, 4) is 22.8 Å². The highest BCUT2D eigenvalue weighted by molar-refractivity contribution is 6.31. The second-order valence-corrected chi connectivity index (χ2v) is 7.72. The molecule has 11 heteroatoms. The Hall–Kier alpha value is -3.79. The summed E-state index contributed by atoms with van der Waals surface area (Å²) in [5, 5.41) is 6.87. The SMILES string of the molecule is COc1ccc(-c2cc(C(F)(F)F)n3nc(C(=O)Nc4ccc(C)c(Cl)c4)cc3n2)cc1OC. The van der Waals surface area contributed by atoms with Gasteiger partial charge in [0.05, 0.1) is 19.9 Å². The molecule has 0 aliphatic heterocycles. The molecule has 0 saturated heterocycles. The number of alkyl halides is 3. The maximum absolute atomic E-state index is 13.9. The quantitative estimate of drug-likeness (QED) is 0.391. The van der Waals surface area contributed by atoms with Crippen molar-refractivity contribution in [3.05, 3.63) is 70.5 Å². The molecule has 2 aromatic heterocycles. The molecule has 1 amide bonds. The Balaban J connectivity index is 1.78. The fraction of sp³-hybridized carbons (Fsp3) is 0.174. The molecule has 2 aromatic carbocycles. The highest BCUT2D eigenvalue weighted by Gasteiger charge is 2.35. The first-order valence-electron chi connectivity index (χ1n) is 9.88. The number of nitrogens with one attached hydrogen (secondary N) is 1. The smallest absolute Gasteiger partial charge is 0.433 e. The lowest BCUT2D eigenvalue weighted by atomic mass is 10.1. The fourth-order valence-electron chi connectivity index (χ4n) is 3.30. The molecule has 1 N–H and O–H groups in total. The van der Waals surface area contributed by atoms with Crippen molar-refractivity contribution in [1.82, 2.24) is 14.6 Å². The van der Waals surface area contributed by atoms with Gasteiger partial charge in [-0.2, -0.15) is 18.3 Å². The van der Waals surface area contributed by atoms with E-state index in [2.05, 4.69) is 15.4 Å². The van der Waals surface area contributed by atoms with E-state index in [0.29, 0.717) is 32.3 Å². The van der Waals surface area contributed by atoms with Gasteiger partial charge in [0, 0.05) is 22.3 Å². The number of ether oxygens (including phenoxy) is 2. The van der Waals surface area contributed by atoms with E-state index in [9.17, 15) is 18.0 Å². The third-order valence-electron chi connectivity index (χ3n) is 5.06. The Labute approximate surface area is 197 Å². The zero-order valence-electron chi connectivity index (χ0n) is 18.2. The highest BCUT2D eigenvalue weighted by atomic mass is 35.5. The maximum Gasteiger partial charge on any atom is 0.433 e. The van der Waals surface area contributed by atoms with E-state index < -0.39 is 17.8 Å². The van der Waals surface area contributed by atoms with Crippen LogP contribution in [0.25, 0.3) is 16.9 Å². The molecule has 0 fully saturated rings. The van der Waals surface area contributed by atoms with Gasteiger partial charge in [-0.1, -0.05) is 17.7 Å². The molecule has 0 spiro atoms. The van der Waals surface area contributed by atoms with E-state index in [1.807, 2.05) is 0 Å². The monoisotopic (exact) mass is 490 g/mol. The first-order valence-corrected chi connectivity index (χ1v) is 10.3. The number of benzene rings is 2. The van der Waals surface area contributed by atoms with Crippen LogP contribution in [0.4, 0.5) is 18.9 Å². The molecule has 0 radical (unpaired) electrons. The molecule has 7 nitrogen and oxygen atoms in total. The zero-order chi connectivity index (χ0) is 24.6. The summed E-state index contributed by atoms with van der Waals surface area (Å²) in [6.07, 6.45) is -4.75. The number of amides is 1. The van der Waals surface area contributed by atoms with Crippen molar-refractivity contribution in [3.63, 3.8) is 0 Å². The Morgan fingerprint density at radius 1 is 1.03 bits per heavy atom. The van der Waals surface area contributed by atoms with E-state index in [4.69, 9.17) is 21.1 Å². The molecule has 0 aliphatic carbocycles. The number of carbonyl (C=O) groups is 1. The molecule has 2 heterocycles. The topological polar surface area (TPSA) is 77.8 Å². The first kappa shape index (κ1) is 23.4. The van der Waals surface area contributed by atoms with Crippen LogP contribution in [-0.4, -0.2) is 34.7 Å². The van der Waals surface area contributed by atoms with Crippen LogP contribution in [-0.2, 0) is 6.18 Å². The first-order chi connectivity index (χ1) is 16.1. The number of hydrogen-bond acceptors (Lipinski definition) is 5. The summed E-state index contributed by atoms with van der Waals surface area (Å²) < 4.78 is 52.6. The van der Waals surface area contributed by atoms with Crippen LogP contribution in [0, 0.1) is 6.92 Å². The summed E-state index contributed by atoms with van der Waals surface area (Å²) >= 11 is 6.07. The fourth-order valence-corrected chi connectivity index (χ4v) is 3.48. The standard InChI is InChI=1S/C23H18ClF3N4O3/c1-12-4-6-14(9-15(12)24)28-22(32)17-11-21-29-16(10-20(23(25,26)27)31(21)30-17)13-5-7-18(33-2)19(8-13)34-3/h4-11H,1-3H3,(H,28,32). The van der Waals surface area contributed by atoms with Gasteiger partial charge in [-0.05, 0) is 48.9 Å². The number of aryl methyl sites for hydroxylation is 1. The van der Waals surface area contributed by atoms with Crippen LogP contribution in [0.15, 0.2) is 48.5 Å². The van der Waals surface area contributed by atoms with Crippen molar-refractivity contribution in [2.24, 2.45) is 0 Å². The number of halogens is 4. The average molecular weight is 491 g/mol. The number of rotatable bonds is 5. The Morgan fingerprint density at radius 3 is 2.41 bits per heavy atom. The Bertz CT molecular complexity index is 1400. The third kappa shape index (κ3) is 4.49. The van der Waals surface area contributed by atoms with Gasteiger partial charge in [0.1, 0.15) is 0 Å². The largest absolute Gasteiger partial charge is 0.493 e. The highest BCUT2D eigenvalue weighted by Crippen LogP contribution is 2.35. The summed E-state index contributed by atoms with van der Waals surface area (Å²) in [6.45, 7) is 1.80. The van der Waals surface area contributed by atoms with Gasteiger partial charge in [0.2, 0.25) is 0 Å². The second-order valence-electron chi connectivity index (χ2n) is 7.31. The van der Waals surface area contributed by atoms with Crippen molar-refractivity contribution >= 4 is 28.8 Å². The average Bonchev–Trinajstić information content (AvgIpc) is 3.24. The van der Waals surface area contributed by atoms with E-state index >= 15 is 0 Å². The lowest BCUT2D eigenvalue weighted by Crippen LogP contribution is -2.15. The lowest BCUT2D eigenvalue weighted by Gasteiger charge is -2.12. The van der Waals surface area contributed by atoms with Gasteiger partial charge in [0.15, 0.2) is 28.5 Å². The van der Waals surface area contributed by atoms with Crippen LogP contribution in [0.2, 0.25) is 5.02 Å². The number of anilines is 1. The molecule has 4 rings (SSSR count). The number of hydrogen-bond donors (Lipinski definition) is 1. The summed E-state index contributed by atoms with van der Waals surface area (Å²) in [6, 6.07) is 11.6. The van der Waals surface area contributed by atoms with Gasteiger partial charge >= 0.3 is 6.18 Å². The minimum absolute atomic E-state index is 0.0259. The molecule has 176 valence electrons. The van der Waals surface area contributed by atoms with Crippen LogP contribution < -0.4 is 14.8 Å². The minimum atomic E-state index is -4.75. The maximum atomic E-state index is 13.9. The second kappa shape index (κ2) is 8.86. The zero-order valence-corrected chi connectivity index (χ0v) is 19.0. The number of methoxy groups -OCH3 is 2.